The first-order valence-corrected chi connectivity index (χ1v) is 14.0. The van der Waals surface area contributed by atoms with Gasteiger partial charge >= 0.3 is 0 Å². The number of fused-ring (bicyclic) bond motifs is 3. The fraction of sp³-hybridized carbons (Fsp3) is 0. The predicted octanol–water partition coefficient (Wildman–Crippen LogP) is 11.8. The van der Waals surface area contributed by atoms with E-state index in [4.69, 9.17) is 2.74 Å². The zero-order chi connectivity index (χ0) is 34.0. The van der Waals surface area contributed by atoms with Gasteiger partial charge in [-0.15, -0.1) is 0 Å². The van der Waals surface area contributed by atoms with E-state index in [0.717, 1.165) is 21.9 Å². The minimum Gasteiger partial charge on any atom is -0.0622 e. The molecule has 0 N–H and O–H groups in total. The topological polar surface area (TPSA) is 0 Å². The molecule has 0 heteroatoms. The predicted molar refractivity (Wildman–Crippen MR) is 181 cm³/mol. The maximum Gasteiger partial charge on any atom is 0.0636 e. The summed E-state index contributed by atoms with van der Waals surface area (Å²) in [5, 5.41) is 2.95. The second-order valence-corrected chi connectivity index (χ2v) is 10.3. The Balaban J connectivity index is 1.71. The Kier molecular flexibility index (Phi) is 4.38. The minimum atomic E-state index is -0.384. The lowest BCUT2D eigenvalue weighted by atomic mass is 9.83. The van der Waals surface area contributed by atoms with Crippen LogP contribution in [0.25, 0.3) is 76.8 Å². The summed E-state index contributed by atoms with van der Waals surface area (Å²) in [6.07, 6.45) is 0. The maximum absolute atomic E-state index is 9.80. The summed E-state index contributed by atoms with van der Waals surface area (Å²) in [4.78, 5) is 0. The highest BCUT2D eigenvalue weighted by atomic mass is 14.2. The molecule has 0 aliphatic rings. The second kappa shape index (κ2) is 10.2. The number of rotatable bonds is 4. The van der Waals surface area contributed by atoms with E-state index in [-0.39, 0.29) is 53.1 Å². The first-order valence-electron chi connectivity index (χ1n) is 17.5. The van der Waals surface area contributed by atoms with Crippen LogP contribution in [0.4, 0.5) is 0 Å². The molecule has 8 rings (SSSR count). The molecule has 8 aromatic rings. The van der Waals surface area contributed by atoms with Gasteiger partial charge in [0.15, 0.2) is 0 Å². The Hall–Kier alpha value is -5.46. The number of benzene rings is 8. The van der Waals surface area contributed by atoms with Crippen LogP contribution in [0, 0.1) is 0 Å². The minimum absolute atomic E-state index is 0.0279. The molecule has 42 heavy (non-hydrogen) atoms. The van der Waals surface area contributed by atoms with Gasteiger partial charge in [0.2, 0.25) is 0 Å². The molecule has 0 aromatic heterocycles. The van der Waals surface area contributed by atoms with Crippen molar-refractivity contribution in [2.45, 2.75) is 0 Å². The lowest BCUT2D eigenvalue weighted by molar-refractivity contribution is 1.62. The second-order valence-electron chi connectivity index (χ2n) is 10.3. The Labute approximate surface area is 256 Å². The van der Waals surface area contributed by atoms with Crippen LogP contribution < -0.4 is 0 Å². The monoisotopic (exact) mass is 539 g/mol. The average Bonchev–Trinajstić information content (AvgIpc) is 3.15. The fourth-order valence-corrected chi connectivity index (χ4v) is 5.95. The highest BCUT2D eigenvalue weighted by molar-refractivity contribution is 6.24. The first kappa shape index (κ1) is 18.1. The zero-order valence-electron chi connectivity index (χ0n) is 29.6. The van der Waals surface area contributed by atoms with Crippen molar-refractivity contribution in [2.75, 3.05) is 0 Å². The van der Waals surface area contributed by atoms with E-state index in [1.807, 2.05) is 121 Å². The Bertz CT molecular complexity index is 2600. The van der Waals surface area contributed by atoms with Crippen molar-refractivity contribution in [3.8, 4) is 44.5 Å². The molecule has 0 spiro atoms. The van der Waals surface area contributed by atoms with Gasteiger partial charge in [-0.25, -0.2) is 0 Å². The van der Waals surface area contributed by atoms with E-state index >= 15 is 0 Å². The molecule has 0 bridgehead atoms. The third-order valence-corrected chi connectivity index (χ3v) is 7.86. The van der Waals surface area contributed by atoms with Gasteiger partial charge in [-0.2, -0.15) is 0 Å². The SMILES string of the molecule is [2H]c1c([2H])c([2H])c2c(-c3cc(-c4ccccc4)cc4ccccc34)c3c([2H])c([2H])c(-c4ccccc4)c([2H])c3c(-c3ccccc3)c2c1[2H]. The van der Waals surface area contributed by atoms with Gasteiger partial charge in [0.25, 0.3) is 0 Å². The van der Waals surface area contributed by atoms with Gasteiger partial charge in [-0.1, -0.05) is 152 Å². The summed E-state index contributed by atoms with van der Waals surface area (Å²) in [6.45, 7) is 0. The van der Waals surface area contributed by atoms with E-state index in [2.05, 4.69) is 6.07 Å². The molecule has 196 valence electrons. The third kappa shape index (κ3) is 4.08. The Morgan fingerprint density at radius 3 is 1.60 bits per heavy atom. The standard InChI is InChI=1S/C42H28/c1-4-14-29(15-5-1)32-24-25-38-40(27-32)41(31-18-8-3-9-19-31)36-22-12-13-23-37(36)42(38)39-28-34(30-16-6-2-7-17-30)26-33-20-10-11-21-35(33)39/h1-28H/i12D,13D,22D,23D,24D,25D,27D. The van der Waals surface area contributed by atoms with Gasteiger partial charge < -0.3 is 0 Å². The molecular weight excluding hydrogens is 504 g/mol. The van der Waals surface area contributed by atoms with Crippen LogP contribution in [-0.2, 0) is 0 Å². The van der Waals surface area contributed by atoms with Crippen molar-refractivity contribution in [1.29, 1.82) is 0 Å². The molecule has 0 unspecified atom stereocenters. The molecule has 0 nitrogen and oxygen atoms in total. The van der Waals surface area contributed by atoms with Crippen LogP contribution in [0.2, 0.25) is 0 Å². The number of hydrogen-bond donors (Lipinski definition) is 0. The molecule has 0 amide bonds. The molecule has 0 heterocycles. The van der Waals surface area contributed by atoms with Crippen LogP contribution >= 0.6 is 0 Å². The van der Waals surface area contributed by atoms with Crippen molar-refractivity contribution in [1.82, 2.24) is 0 Å². The highest BCUT2D eigenvalue weighted by Gasteiger charge is 2.19. The van der Waals surface area contributed by atoms with Crippen molar-refractivity contribution in [2.24, 2.45) is 0 Å². The van der Waals surface area contributed by atoms with Crippen LogP contribution in [0.15, 0.2) is 170 Å². The summed E-state index contributed by atoms with van der Waals surface area (Å²) < 4.78 is 65.2. The summed E-state index contributed by atoms with van der Waals surface area (Å²) in [7, 11) is 0. The lowest BCUT2D eigenvalue weighted by Crippen LogP contribution is -1.93. The Morgan fingerprint density at radius 2 is 0.905 bits per heavy atom. The van der Waals surface area contributed by atoms with Crippen molar-refractivity contribution < 1.29 is 9.60 Å². The van der Waals surface area contributed by atoms with Crippen LogP contribution in [0.1, 0.15) is 9.60 Å². The number of hydrogen-bond acceptors (Lipinski definition) is 0. The Morgan fingerprint density at radius 1 is 0.357 bits per heavy atom. The van der Waals surface area contributed by atoms with E-state index in [1.165, 1.54) is 0 Å². The van der Waals surface area contributed by atoms with Gasteiger partial charge in [-0.05, 0) is 95.0 Å². The summed E-state index contributed by atoms with van der Waals surface area (Å²) in [5.74, 6) is 0. The molecule has 0 aliphatic carbocycles. The molecule has 0 saturated carbocycles. The van der Waals surface area contributed by atoms with Crippen LogP contribution in [-0.4, -0.2) is 0 Å². The quantitative estimate of drug-likeness (QED) is 0.195. The molecule has 0 aliphatic heterocycles. The molecule has 0 fully saturated rings. The van der Waals surface area contributed by atoms with Gasteiger partial charge in [0.05, 0.1) is 9.60 Å². The molecule has 8 aromatic carbocycles. The van der Waals surface area contributed by atoms with Gasteiger partial charge in [0.1, 0.15) is 0 Å². The average molecular weight is 540 g/mol. The van der Waals surface area contributed by atoms with E-state index < -0.39 is 0 Å². The van der Waals surface area contributed by atoms with Crippen LogP contribution in [0.3, 0.4) is 0 Å². The van der Waals surface area contributed by atoms with Gasteiger partial charge in [0, 0.05) is 0 Å². The highest BCUT2D eigenvalue weighted by Crippen LogP contribution is 2.47. The van der Waals surface area contributed by atoms with Crippen molar-refractivity contribution >= 4 is 32.3 Å². The summed E-state index contributed by atoms with van der Waals surface area (Å²) >= 11 is 0. The van der Waals surface area contributed by atoms with E-state index in [9.17, 15) is 6.85 Å². The first-order chi connectivity index (χ1) is 23.8. The smallest absolute Gasteiger partial charge is 0.0622 e. The molecule has 0 saturated heterocycles. The van der Waals surface area contributed by atoms with E-state index in [1.54, 1.807) is 0 Å². The van der Waals surface area contributed by atoms with E-state index in [0.29, 0.717) is 44.2 Å². The normalized spacial score (nSPS) is 13.7. The summed E-state index contributed by atoms with van der Waals surface area (Å²) in [6, 6.07) is 38.9. The van der Waals surface area contributed by atoms with Crippen LogP contribution in [0.5, 0.6) is 0 Å². The largest absolute Gasteiger partial charge is 0.0636 e. The molecular formula is C42H28. The summed E-state index contributed by atoms with van der Waals surface area (Å²) in [5.41, 5.74) is 4.96. The van der Waals surface area contributed by atoms with Crippen molar-refractivity contribution in [3.05, 3.63) is 170 Å². The molecule has 0 atom stereocenters. The zero-order valence-corrected chi connectivity index (χ0v) is 22.6. The lowest BCUT2D eigenvalue weighted by Gasteiger charge is -2.20. The maximum atomic E-state index is 9.80. The van der Waals surface area contributed by atoms with Gasteiger partial charge in [-0.3, -0.25) is 0 Å². The third-order valence-electron chi connectivity index (χ3n) is 7.86. The van der Waals surface area contributed by atoms with Crippen molar-refractivity contribution in [3.63, 3.8) is 0 Å². The molecule has 0 radical (unpaired) electrons. The fourth-order valence-electron chi connectivity index (χ4n) is 5.95.